The van der Waals surface area contributed by atoms with Gasteiger partial charge in [0.25, 0.3) is 0 Å². The van der Waals surface area contributed by atoms with Crippen LogP contribution in [0.2, 0.25) is 0 Å². The first-order chi connectivity index (χ1) is 13.0. The van der Waals surface area contributed by atoms with E-state index in [2.05, 4.69) is 17.2 Å². The van der Waals surface area contributed by atoms with E-state index in [1.54, 1.807) is 12.1 Å². The lowest BCUT2D eigenvalue weighted by Gasteiger charge is -2.12. The molecule has 1 heterocycles. The number of aromatic carboxylic acids is 1. The van der Waals surface area contributed by atoms with E-state index in [1.807, 2.05) is 47.9 Å². The predicted molar refractivity (Wildman–Crippen MR) is 105 cm³/mol. The first-order valence-corrected chi connectivity index (χ1v) is 8.92. The quantitative estimate of drug-likeness (QED) is 0.586. The molecule has 6 heteroatoms. The number of hydrogen-bond donors (Lipinski definition) is 3. The Morgan fingerprint density at radius 1 is 1.15 bits per heavy atom. The van der Waals surface area contributed by atoms with E-state index in [4.69, 9.17) is 0 Å². The van der Waals surface area contributed by atoms with Crippen molar-refractivity contribution in [2.75, 3.05) is 11.9 Å². The van der Waals surface area contributed by atoms with Gasteiger partial charge in [0, 0.05) is 6.54 Å². The molecule has 0 amide bonds. The van der Waals surface area contributed by atoms with E-state index in [0.717, 1.165) is 24.1 Å². The van der Waals surface area contributed by atoms with Gasteiger partial charge >= 0.3 is 5.97 Å². The second kappa shape index (κ2) is 7.95. The number of anilines is 1. The normalized spacial score (nSPS) is 10.7. The highest BCUT2D eigenvalue weighted by Crippen LogP contribution is 2.26. The number of carboxylic acid groups (broad SMARTS) is 1. The number of rotatable bonds is 7. The second-order valence-corrected chi connectivity index (χ2v) is 6.41. The molecule has 0 aliphatic carbocycles. The molecular formula is C21H23N3O3. The lowest BCUT2D eigenvalue weighted by Crippen LogP contribution is -2.10. The van der Waals surface area contributed by atoms with Crippen LogP contribution in [0.4, 0.5) is 5.95 Å². The zero-order valence-corrected chi connectivity index (χ0v) is 15.4. The first-order valence-electron chi connectivity index (χ1n) is 8.92. The summed E-state index contributed by atoms with van der Waals surface area (Å²) in [6.07, 6.45) is 0.963. The molecule has 3 aromatic rings. The van der Waals surface area contributed by atoms with E-state index in [1.165, 1.54) is 0 Å². The number of imidazole rings is 1. The summed E-state index contributed by atoms with van der Waals surface area (Å²) in [7, 11) is 0. The van der Waals surface area contributed by atoms with Crippen molar-refractivity contribution in [2.24, 2.45) is 0 Å². The fourth-order valence-electron chi connectivity index (χ4n) is 2.98. The van der Waals surface area contributed by atoms with Crippen molar-refractivity contribution in [3.05, 3.63) is 65.4 Å². The second-order valence-electron chi connectivity index (χ2n) is 6.41. The zero-order chi connectivity index (χ0) is 19.4. The minimum atomic E-state index is -0.939. The Labute approximate surface area is 158 Å². The summed E-state index contributed by atoms with van der Waals surface area (Å²) in [4.78, 5) is 15.6. The van der Waals surface area contributed by atoms with Crippen LogP contribution in [0.3, 0.4) is 0 Å². The summed E-state index contributed by atoms with van der Waals surface area (Å²) in [5.41, 5.74) is 3.57. The monoisotopic (exact) mass is 365 g/mol. The molecule has 0 radical (unpaired) electrons. The van der Waals surface area contributed by atoms with Crippen molar-refractivity contribution in [2.45, 2.75) is 26.8 Å². The number of aromatic nitrogens is 2. The van der Waals surface area contributed by atoms with Crippen LogP contribution in [0.1, 0.15) is 35.0 Å². The molecule has 3 N–H and O–H groups in total. The average molecular weight is 365 g/mol. The highest BCUT2D eigenvalue weighted by atomic mass is 16.4. The van der Waals surface area contributed by atoms with Gasteiger partial charge in [-0.15, -0.1) is 0 Å². The Morgan fingerprint density at radius 3 is 2.52 bits per heavy atom. The fourth-order valence-corrected chi connectivity index (χ4v) is 2.98. The van der Waals surface area contributed by atoms with Gasteiger partial charge in [-0.3, -0.25) is 0 Å². The van der Waals surface area contributed by atoms with Gasteiger partial charge < -0.3 is 20.1 Å². The third-order valence-electron chi connectivity index (χ3n) is 4.49. The molecule has 2 aromatic carbocycles. The summed E-state index contributed by atoms with van der Waals surface area (Å²) >= 11 is 0. The summed E-state index contributed by atoms with van der Waals surface area (Å²) in [5.74, 6) is -0.265. The van der Waals surface area contributed by atoms with Crippen LogP contribution in [-0.4, -0.2) is 32.3 Å². The van der Waals surface area contributed by atoms with Crippen molar-refractivity contribution < 1.29 is 15.0 Å². The Bertz CT molecular complexity index is 946. The molecular weight excluding hydrogens is 342 g/mol. The highest BCUT2D eigenvalue weighted by Gasteiger charge is 2.14. The maximum absolute atomic E-state index is 11.4. The first kappa shape index (κ1) is 18.5. The maximum atomic E-state index is 11.4. The van der Waals surface area contributed by atoms with Crippen molar-refractivity contribution in [1.82, 2.24) is 9.55 Å². The van der Waals surface area contributed by atoms with Crippen LogP contribution in [0.25, 0.3) is 11.1 Å². The number of aromatic hydroxyl groups is 1. The van der Waals surface area contributed by atoms with Crippen LogP contribution in [0.15, 0.2) is 48.5 Å². The van der Waals surface area contributed by atoms with Gasteiger partial charge in [0.1, 0.15) is 0 Å². The van der Waals surface area contributed by atoms with E-state index < -0.39 is 5.97 Å². The molecule has 0 saturated heterocycles. The van der Waals surface area contributed by atoms with E-state index in [9.17, 15) is 15.0 Å². The SMILES string of the molecule is CCCNc1nc(O)c(C)n1Cc1ccc(-c2ccccc2C(=O)O)cc1. The molecule has 0 fully saturated rings. The predicted octanol–water partition coefficient (Wildman–Crippen LogP) is 4.13. The maximum Gasteiger partial charge on any atom is 0.336 e. The topological polar surface area (TPSA) is 87.4 Å². The Balaban J connectivity index is 1.87. The Kier molecular flexibility index (Phi) is 5.45. The lowest BCUT2D eigenvalue weighted by molar-refractivity contribution is 0.0697. The summed E-state index contributed by atoms with van der Waals surface area (Å²) < 4.78 is 1.94. The number of hydrogen-bond acceptors (Lipinski definition) is 4. The van der Waals surface area contributed by atoms with Gasteiger partial charge in [-0.2, -0.15) is 4.98 Å². The molecule has 0 unspecified atom stereocenters. The van der Waals surface area contributed by atoms with Crippen molar-refractivity contribution >= 4 is 11.9 Å². The van der Waals surface area contributed by atoms with E-state index in [0.29, 0.717) is 23.8 Å². The minimum Gasteiger partial charge on any atom is -0.492 e. The highest BCUT2D eigenvalue weighted by molar-refractivity contribution is 5.95. The van der Waals surface area contributed by atoms with Crippen LogP contribution in [0.5, 0.6) is 5.88 Å². The number of nitrogens with one attached hydrogen (secondary N) is 1. The molecule has 0 atom stereocenters. The van der Waals surface area contributed by atoms with Gasteiger partial charge in [-0.1, -0.05) is 49.4 Å². The molecule has 0 spiro atoms. The fraction of sp³-hybridized carbons (Fsp3) is 0.238. The lowest BCUT2D eigenvalue weighted by atomic mass is 9.99. The molecule has 140 valence electrons. The summed E-state index contributed by atoms with van der Waals surface area (Å²) in [5, 5.41) is 22.5. The summed E-state index contributed by atoms with van der Waals surface area (Å²) in [6.45, 7) is 5.24. The number of carboxylic acids is 1. The van der Waals surface area contributed by atoms with Gasteiger partial charge in [-0.25, -0.2) is 4.79 Å². The van der Waals surface area contributed by atoms with Crippen LogP contribution < -0.4 is 5.32 Å². The molecule has 0 aliphatic rings. The smallest absolute Gasteiger partial charge is 0.336 e. The molecule has 27 heavy (non-hydrogen) atoms. The van der Waals surface area contributed by atoms with Crippen molar-refractivity contribution in [3.63, 3.8) is 0 Å². The van der Waals surface area contributed by atoms with E-state index >= 15 is 0 Å². The average Bonchev–Trinajstić information content (AvgIpc) is 2.94. The Morgan fingerprint density at radius 2 is 1.85 bits per heavy atom. The van der Waals surface area contributed by atoms with Crippen molar-refractivity contribution in [1.29, 1.82) is 0 Å². The van der Waals surface area contributed by atoms with Crippen LogP contribution in [-0.2, 0) is 6.54 Å². The van der Waals surface area contributed by atoms with Crippen LogP contribution >= 0.6 is 0 Å². The molecule has 1 aromatic heterocycles. The van der Waals surface area contributed by atoms with Gasteiger partial charge in [0.05, 0.1) is 17.8 Å². The largest absolute Gasteiger partial charge is 0.492 e. The number of benzene rings is 2. The molecule has 0 bridgehead atoms. The van der Waals surface area contributed by atoms with Crippen molar-refractivity contribution in [3.8, 4) is 17.0 Å². The van der Waals surface area contributed by atoms with Gasteiger partial charge in [0.15, 0.2) is 0 Å². The zero-order valence-electron chi connectivity index (χ0n) is 15.4. The molecule has 6 nitrogen and oxygen atoms in total. The third kappa shape index (κ3) is 3.95. The molecule has 0 aliphatic heterocycles. The minimum absolute atomic E-state index is 0.0283. The van der Waals surface area contributed by atoms with Crippen LogP contribution in [0, 0.1) is 6.92 Å². The van der Waals surface area contributed by atoms with Gasteiger partial charge in [-0.05, 0) is 36.1 Å². The Hall–Kier alpha value is -3.28. The molecule has 0 saturated carbocycles. The summed E-state index contributed by atoms with van der Waals surface area (Å²) in [6, 6.07) is 14.7. The van der Waals surface area contributed by atoms with E-state index in [-0.39, 0.29) is 11.4 Å². The third-order valence-corrected chi connectivity index (χ3v) is 4.49. The standard InChI is InChI=1S/C21H23N3O3/c1-3-12-22-21-23-19(25)14(2)24(21)13-15-8-10-16(11-9-15)17-6-4-5-7-18(17)20(26)27/h4-11,25H,3,12-13H2,1-2H3,(H,22,23)(H,26,27). The number of nitrogens with zero attached hydrogens (tertiary/aromatic N) is 2. The molecule has 3 rings (SSSR count). The number of carbonyl (C=O) groups is 1. The van der Waals surface area contributed by atoms with Gasteiger partial charge in [0.2, 0.25) is 11.8 Å².